The second-order valence-electron chi connectivity index (χ2n) is 8.92. The molecule has 0 saturated heterocycles. The topological polar surface area (TPSA) is 89.5 Å². The maximum absolute atomic E-state index is 13.7. The molecule has 0 amide bonds. The predicted molar refractivity (Wildman–Crippen MR) is 137 cm³/mol. The standard InChI is InChI=1S/C26H24ClFN6O2/c1-15-13-33(14-29-15)21-9-6-17(12-22(21)36-4)30-25-31-24-19(18-7-5-16(28)11-20(18)27)8-10-23(26(2,3)35)34(24)32-25/h5-14,35H,1-4H3,(H,30,32). The molecule has 0 aliphatic carbocycles. The molecule has 0 unspecified atom stereocenters. The summed E-state index contributed by atoms with van der Waals surface area (Å²) in [6.07, 6.45) is 3.64. The van der Waals surface area contributed by atoms with Crippen molar-refractivity contribution in [2.24, 2.45) is 0 Å². The summed E-state index contributed by atoms with van der Waals surface area (Å²) in [5.41, 5.74) is 3.49. The van der Waals surface area contributed by atoms with Gasteiger partial charge in [-0.05, 0) is 63.2 Å². The van der Waals surface area contributed by atoms with Crippen LogP contribution in [0.25, 0.3) is 22.5 Å². The molecule has 5 aromatic rings. The van der Waals surface area contributed by atoms with E-state index in [-0.39, 0.29) is 5.02 Å². The molecule has 2 aromatic carbocycles. The molecule has 3 aromatic heterocycles. The number of fused-ring (bicyclic) bond motifs is 1. The fourth-order valence-electron chi connectivity index (χ4n) is 4.05. The van der Waals surface area contributed by atoms with Crippen LogP contribution in [0.1, 0.15) is 25.2 Å². The molecule has 10 heteroatoms. The molecule has 5 rings (SSSR count). The van der Waals surface area contributed by atoms with Gasteiger partial charge in [-0.25, -0.2) is 13.9 Å². The van der Waals surface area contributed by atoms with Crippen LogP contribution in [0.5, 0.6) is 5.75 Å². The quantitative estimate of drug-likeness (QED) is 0.309. The number of imidazole rings is 1. The lowest BCUT2D eigenvalue weighted by atomic mass is 10.0. The second kappa shape index (κ2) is 8.92. The number of aromatic nitrogens is 5. The number of anilines is 2. The second-order valence-corrected chi connectivity index (χ2v) is 9.33. The highest BCUT2D eigenvalue weighted by molar-refractivity contribution is 6.33. The van der Waals surface area contributed by atoms with Gasteiger partial charge in [0, 0.05) is 29.1 Å². The first kappa shape index (κ1) is 23.8. The molecule has 0 aliphatic rings. The van der Waals surface area contributed by atoms with Gasteiger partial charge in [-0.2, -0.15) is 4.98 Å². The summed E-state index contributed by atoms with van der Waals surface area (Å²) in [5, 5.41) is 18.8. The minimum atomic E-state index is -1.19. The summed E-state index contributed by atoms with van der Waals surface area (Å²) in [6, 6.07) is 13.4. The average Bonchev–Trinajstić information content (AvgIpc) is 3.44. The Morgan fingerprint density at radius 3 is 2.53 bits per heavy atom. The van der Waals surface area contributed by atoms with Crippen molar-refractivity contribution in [1.29, 1.82) is 0 Å². The molecule has 36 heavy (non-hydrogen) atoms. The summed E-state index contributed by atoms with van der Waals surface area (Å²) in [7, 11) is 1.60. The first-order chi connectivity index (χ1) is 17.1. The zero-order valence-corrected chi connectivity index (χ0v) is 20.9. The first-order valence-corrected chi connectivity index (χ1v) is 11.6. The van der Waals surface area contributed by atoms with Crippen LogP contribution in [0.15, 0.2) is 61.1 Å². The van der Waals surface area contributed by atoms with Crippen molar-refractivity contribution in [2.75, 3.05) is 12.4 Å². The number of ether oxygens (including phenoxy) is 1. The molecule has 0 saturated carbocycles. The molecule has 0 spiro atoms. The fourth-order valence-corrected chi connectivity index (χ4v) is 4.32. The molecular formula is C26H24ClFN6O2. The van der Waals surface area contributed by atoms with Crippen molar-refractivity contribution in [2.45, 2.75) is 26.4 Å². The van der Waals surface area contributed by atoms with Crippen LogP contribution in [-0.2, 0) is 5.60 Å². The molecule has 8 nitrogen and oxygen atoms in total. The zero-order valence-electron chi connectivity index (χ0n) is 20.1. The van der Waals surface area contributed by atoms with E-state index in [0.717, 1.165) is 11.4 Å². The molecule has 0 aliphatic heterocycles. The number of rotatable bonds is 6. The highest BCUT2D eigenvalue weighted by atomic mass is 35.5. The van der Waals surface area contributed by atoms with Crippen LogP contribution in [0.4, 0.5) is 16.0 Å². The lowest BCUT2D eigenvalue weighted by Crippen LogP contribution is -2.20. The van der Waals surface area contributed by atoms with Gasteiger partial charge in [0.2, 0.25) is 5.95 Å². The fraction of sp³-hybridized carbons (Fsp3) is 0.192. The lowest BCUT2D eigenvalue weighted by molar-refractivity contribution is 0.0715. The summed E-state index contributed by atoms with van der Waals surface area (Å²) in [6.45, 7) is 5.26. The third kappa shape index (κ3) is 4.38. The number of halogens is 2. The Hall–Kier alpha value is -3.95. The SMILES string of the molecule is COc1cc(Nc2nc3c(-c4ccc(F)cc4Cl)ccc(C(C)(C)O)n3n2)ccc1-n1cnc(C)c1. The van der Waals surface area contributed by atoms with Gasteiger partial charge >= 0.3 is 0 Å². The van der Waals surface area contributed by atoms with Gasteiger partial charge in [0.15, 0.2) is 5.65 Å². The number of nitrogens with one attached hydrogen (secondary N) is 1. The van der Waals surface area contributed by atoms with Gasteiger partial charge < -0.3 is 19.7 Å². The Bertz CT molecular complexity index is 1590. The summed E-state index contributed by atoms with van der Waals surface area (Å²) >= 11 is 6.35. The van der Waals surface area contributed by atoms with E-state index in [4.69, 9.17) is 16.3 Å². The highest BCUT2D eigenvalue weighted by Gasteiger charge is 2.24. The van der Waals surface area contributed by atoms with E-state index in [2.05, 4.69) is 20.4 Å². The number of pyridine rings is 1. The number of aryl methyl sites for hydroxylation is 1. The van der Waals surface area contributed by atoms with Crippen molar-refractivity contribution in [3.63, 3.8) is 0 Å². The minimum Gasteiger partial charge on any atom is -0.494 e. The Morgan fingerprint density at radius 1 is 1.08 bits per heavy atom. The molecule has 0 bridgehead atoms. The summed E-state index contributed by atoms with van der Waals surface area (Å²) < 4.78 is 22.7. The van der Waals surface area contributed by atoms with Crippen molar-refractivity contribution in [3.05, 3.63) is 83.3 Å². The normalized spacial score (nSPS) is 11.8. The Morgan fingerprint density at radius 2 is 1.86 bits per heavy atom. The number of methoxy groups -OCH3 is 1. The largest absolute Gasteiger partial charge is 0.494 e. The van der Waals surface area contributed by atoms with E-state index in [1.807, 2.05) is 35.9 Å². The molecular weight excluding hydrogens is 483 g/mol. The highest BCUT2D eigenvalue weighted by Crippen LogP contribution is 2.34. The third-order valence-electron chi connectivity index (χ3n) is 5.76. The number of benzene rings is 2. The van der Waals surface area contributed by atoms with Crippen molar-refractivity contribution in [1.82, 2.24) is 24.1 Å². The van der Waals surface area contributed by atoms with Gasteiger partial charge in [0.25, 0.3) is 0 Å². The monoisotopic (exact) mass is 506 g/mol. The van der Waals surface area contributed by atoms with E-state index in [0.29, 0.717) is 39.9 Å². The Kier molecular flexibility index (Phi) is 5.89. The maximum Gasteiger partial charge on any atom is 0.247 e. The Labute approximate surface area is 212 Å². The first-order valence-electron chi connectivity index (χ1n) is 11.2. The van der Waals surface area contributed by atoms with E-state index < -0.39 is 11.4 Å². The lowest BCUT2D eigenvalue weighted by Gasteiger charge is -2.19. The molecule has 0 radical (unpaired) electrons. The minimum absolute atomic E-state index is 0.250. The van der Waals surface area contributed by atoms with Gasteiger partial charge in [-0.3, -0.25) is 0 Å². The van der Waals surface area contributed by atoms with Crippen LogP contribution in [0, 0.1) is 12.7 Å². The van der Waals surface area contributed by atoms with Crippen molar-refractivity contribution in [3.8, 4) is 22.6 Å². The van der Waals surface area contributed by atoms with E-state index in [9.17, 15) is 9.50 Å². The molecule has 3 heterocycles. The third-order valence-corrected chi connectivity index (χ3v) is 6.07. The predicted octanol–water partition coefficient (Wildman–Crippen LogP) is 5.66. The van der Waals surface area contributed by atoms with Crippen LogP contribution in [0.3, 0.4) is 0 Å². The maximum atomic E-state index is 13.7. The van der Waals surface area contributed by atoms with Crippen molar-refractivity contribution < 1.29 is 14.2 Å². The zero-order chi connectivity index (χ0) is 25.6. The average molecular weight is 507 g/mol. The van der Waals surface area contributed by atoms with Crippen molar-refractivity contribution >= 4 is 28.9 Å². The van der Waals surface area contributed by atoms with Crippen LogP contribution in [0.2, 0.25) is 5.02 Å². The smallest absolute Gasteiger partial charge is 0.247 e. The van der Waals surface area contributed by atoms with Crippen LogP contribution < -0.4 is 10.1 Å². The number of aliphatic hydroxyl groups is 1. The molecule has 0 atom stereocenters. The van der Waals surface area contributed by atoms with E-state index in [1.165, 1.54) is 12.1 Å². The summed E-state index contributed by atoms with van der Waals surface area (Å²) in [5.74, 6) is 0.511. The van der Waals surface area contributed by atoms with Gasteiger partial charge in [-0.15, -0.1) is 5.10 Å². The van der Waals surface area contributed by atoms with Crippen LogP contribution in [-0.4, -0.2) is 36.4 Å². The van der Waals surface area contributed by atoms with Gasteiger partial charge in [-0.1, -0.05) is 11.6 Å². The number of hydrogen-bond donors (Lipinski definition) is 2. The van der Waals surface area contributed by atoms with Gasteiger partial charge in [0.1, 0.15) is 17.2 Å². The number of nitrogens with zero attached hydrogens (tertiary/aromatic N) is 5. The molecule has 184 valence electrons. The van der Waals surface area contributed by atoms with Gasteiger partial charge in [0.05, 0.1) is 35.5 Å². The Balaban J connectivity index is 1.59. The molecule has 2 N–H and O–H groups in total. The van der Waals surface area contributed by atoms with E-state index >= 15 is 0 Å². The molecule has 0 fully saturated rings. The van der Waals surface area contributed by atoms with Crippen LogP contribution >= 0.6 is 11.6 Å². The summed E-state index contributed by atoms with van der Waals surface area (Å²) in [4.78, 5) is 8.96. The van der Waals surface area contributed by atoms with E-state index in [1.54, 1.807) is 50.0 Å². The number of hydrogen-bond acceptors (Lipinski definition) is 6.